The lowest BCUT2D eigenvalue weighted by Gasteiger charge is -2.40. The van der Waals surface area contributed by atoms with Gasteiger partial charge in [0.2, 0.25) is 0 Å². The molecule has 0 aliphatic carbocycles. The van der Waals surface area contributed by atoms with Crippen molar-refractivity contribution < 1.29 is 27.9 Å². The summed E-state index contributed by atoms with van der Waals surface area (Å²) in [5, 5.41) is 13.5. The van der Waals surface area contributed by atoms with Crippen LogP contribution in [0.15, 0.2) is 30.3 Å². The summed E-state index contributed by atoms with van der Waals surface area (Å²) < 4.78 is 31.7. The Bertz CT molecular complexity index is 583. The number of carbonyl (C=O) groups is 2. The number of hydrogen-bond donors (Lipinski definition) is 3. The van der Waals surface area contributed by atoms with Crippen molar-refractivity contribution in [3.8, 4) is 0 Å². The number of rotatable bonds is 2. The number of aliphatic carboxylic acids is 1. The second-order valence-corrected chi connectivity index (χ2v) is 5.95. The van der Waals surface area contributed by atoms with Crippen LogP contribution in [0.4, 0.5) is 18.0 Å². The van der Waals surface area contributed by atoms with Crippen LogP contribution >= 0.6 is 0 Å². The number of likely N-dealkylation sites (tertiary alicyclic amines) is 1. The molecule has 2 aliphatic heterocycles. The number of halogens is 3. The first-order valence-electron chi connectivity index (χ1n) is 7.88. The smallest absolute Gasteiger partial charge is 0.475 e. The highest BCUT2D eigenvalue weighted by atomic mass is 19.4. The van der Waals surface area contributed by atoms with Crippen LogP contribution < -0.4 is 10.6 Å². The highest BCUT2D eigenvalue weighted by Crippen LogP contribution is 2.26. The van der Waals surface area contributed by atoms with Crippen LogP contribution in [-0.2, 0) is 4.79 Å². The molecule has 2 amide bonds. The summed E-state index contributed by atoms with van der Waals surface area (Å²) in [6.07, 6.45) is -4.04. The third-order valence-corrected chi connectivity index (χ3v) is 4.07. The van der Waals surface area contributed by atoms with Crippen molar-refractivity contribution in [1.29, 1.82) is 0 Å². The molecule has 2 aliphatic rings. The van der Waals surface area contributed by atoms with Gasteiger partial charge in [-0.3, -0.25) is 0 Å². The second-order valence-electron chi connectivity index (χ2n) is 5.95. The maximum Gasteiger partial charge on any atom is 0.490 e. The van der Waals surface area contributed by atoms with E-state index in [0.717, 1.165) is 32.6 Å². The van der Waals surface area contributed by atoms with Crippen molar-refractivity contribution in [1.82, 2.24) is 15.5 Å². The number of urea groups is 1. The third-order valence-electron chi connectivity index (χ3n) is 4.07. The molecule has 1 aromatic rings. The molecular formula is C16H20F3N3O3. The van der Waals surface area contributed by atoms with E-state index in [-0.39, 0.29) is 6.03 Å². The van der Waals surface area contributed by atoms with Gasteiger partial charge in [-0.15, -0.1) is 0 Å². The number of amides is 2. The minimum atomic E-state index is -5.08. The van der Waals surface area contributed by atoms with E-state index < -0.39 is 12.1 Å². The van der Waals surface area contributed by atoms with Crippen LogP contribution in [0, 0.1) is 0 Å². The number of nitrogens with zero attached hydrogens (tertiary/aromatic N) is 1. The molecule has 0 spiro atoms. The Morgan fingerprint density at radius 3 is 2.28 bits per heavy atom. The molecule has 138 valence electrons. The van der Waals surface area contributed by atoms with Crippen molar-refractivity contribution in [3.05, 3.63) is 35.9 Å². The van der Waals surface area contributed by atoms with Crippen molar-refractivity contribution in [3.63, 3.8) is 0 Å². The predicted molar refractivity (Wildman–Crippen MR) is 84.3 cm³/mol. The van der Waals surface area contributed by atoms with Gasteiger partial charge in [-0.25, -0.2) is 9.59 Å². The van der Waals surface area contributed by atoms with Crippen LogP contribution in [0.25, 0.3) is 0 Å². The molecule has 9 heteroatoms. The first-order chi connectivity index (χ1) is 11.8. The monoisotopic (exact) mass is 359 g/mol. The summed E-state index contributed by atoms with van der Waals surface area (Å²) in [6, 6.07) is 10.8. The quantitative estimate of drug-likeness (QED) is 0.752. The van der Waals surface area contributed by atoms with E-state index in [2.05, 4.69) is 34.9 Å². The van der Waals surface area contributed by atoms with Crippen molar-refractivity contribution in [2.24, 2.45) is 0 Å². The molecule has 1 atom stereocenters. The molecule has 25 heavy (non-hydrogen) atoms. The Hall–Kier alpha value is -2.29. The molecule has 6 nitrogen and oxygen atoms in total. The number of alkyl halides is 3. The number of carboxylic acids is 1. The zero-order valence-corrected chi connectivity index (χ0v) is 13.4. The summed E-state index contributed by atoms with van der Waals surface area (Å²) in [7, 11) is 0. The van der Waals surface area contributed by atoms with Crippen molar-refractivity contribution in [2.75, 3.05) is 26.2 Å². The molecule has 0 unspecified atom stereocenters. The molecule has 0 aromatic heterocycles. The maximum atomic E-state index is 11.9. The van der Waals surface area contributed by atoms with E-state index in [1.54, 1.807) is 0 Å². The summed E-state index contributed by atoms with van der Waals surface area (Å²) in [5.41, 5.74) is 1.34. The van der Waals surface area contributed by atoms with Gasteiger partial charge in [0.15, 0.2) is 0 Å². The SMILES string of the molecule is O=C(N[C@@H]1CCNC1)N1CC(c2ccccc2)C1.O=C(O)C(F)(F)F. The Labute approximate surface area is 143 Å². The first kappa shape index (κ1) is 19.0. The Morgan fingerprint density at radius 2 is 1.80 bits per heavy atom. The van der Waals surface area contributed by atoms with Gasteiger partial charge in [0, 0.05) is 31.6 Å². The fourth-order valence-corrected chi connectivity index (χ4v) is 2.62. The molecule has 0 saturated carbocycles. The van der Waals surface area contributed by atoms with Gasteiger partial charge in [0.25, 0.3) is 0 Å². The third kappa shape index (κ3) is 5.63. The number of carbonyl (C=O) groups excluding carboxylic acids is 1. The highest BCUT2D eigenvalue weighted by molar-refractivity contribution is 5.75. The first-order valence-corrected chi connectivity index (χ1v) is 7.88. The lowest BCUT2D eigenvalue weighted by molar-refractivity contribution is -0.192. The van der Waals surface area contributed by atoms with Gasteiger partial charge in [0.1, 0.15) is 0 Å². The Morgan fingerprint density at radius 1 is 1.20 bits per heavy atom. The zero-order valence-electron chi connectivity index (χ0n) is 13.4. The lowest BCUT2D eigenvalue weighted by atomic mass is 9.92. The average Bonchev–Trinajstić information content (AvgIpc) is 2.99. The van der Waals surface area contributed by atoms with Crippen LogP contribution in [0.1, 0.15) is 17.9 Å². The molecule has 3 N–H and O–H groups in total. The number of benzene rings is 1. The summed E-state index contributed by atoms with van der Waals surface area (Å²) in [6.45, 7) is 3.60. The number of nitrogens with one attached hydrogen (secondary N) is 2. The fraction of sp³-hybridized carbons (Fsp3) is 0.500. The van der Waals surface area contributed by atoms with E-state index in [1.165, 1.54) is 5.56 Å². The van der Waals surface area contributed by atoms with Gasteiger partial charge in [0.05, 0.1) is 0 Å². The number of carboxylic acid groups (broad SMARTS) is 1. The summed E-state index contributed by atoms with van der Waals surface area (Å²) in [4.78, 5) is 22.7. The average molecular weight is 359 g/mol. The largest absolute Gasteiger partial charge is 0.490 e. The predicted octanol–water partition coefficient (Wildman–Crippen LogP) is 1.79. The van der Waals surface area contributed by atoms with Gasteiger partial charge in [-0.2, -0.15) is 13.2 Å². The van der Waals surface area contributed by atoms with E-state index in [4.69, 9.17) is 9.90 Å². The summed E-state index contributed by atoms with van der Waals surface area (Å²) in [5.74, 6) is -2.24. The second kappa shape index (κ2) is 8.19. The molecular weight excluding hydrogens is 339 g/mol. The highest BCUT2D eigenvalue weighted by Gasteiger charge is 2.38. The van der Waals surface area contributed by atoms with Gasteiger partial charge < -0.3 is 20.6 Å². The molecule has 1 aromatic carbocycles. The van der Waals surface area contributed by atoms with E-state index in [0.29, 0.717) is 12.0 Å². The molecule has 2 saturated heterocycles. The van der Waals surface area contributed by atoms with Crippen molar-refractivity contribution in [2.45, 2.75) is 24.6 Å². The van der Waals surface area contributed by atoms with E-state index in [1.807, 2.05) is 11.0 Å². The Balaban J connectivity index is 0.000000277. The summed E-state index contributed by atoms with van der Waals surface area (Å²) >= 11 is 0. The fourth-order valence-electron chi connectivity index (χ4n) is 2.62. The molecule has 2 fully saturated rings. The maximum absolute atomic E-state index is 11.9. The van der Waals surface area contributed by atoms with Crippen LogP contribution in [-0.4, -0.2) is 60.4 Å². The Kier molecular flexibility index (Phi) is 6.24. The lowest BCUT2D eigenvalue weighted by Crippen LogP contribution is -2.54. The minimum absolute atomic E-state index is 0.0934. The standard InChI is InChI=1S/C14H19N3O.C2HF3O2/c18-14(16-13-6-7-15-8-13)17-9-12(10-17)11-4-2-1-3-5-11;3-2(4,5)1(6)7/h1-5,12-13,15H,6-10H2,(H,16,18);(H,6,7)/t13-;/m1./s1. The molecule has 0 bridgehead atoms. The van der Waals surface area contributed by atoms with Crippen LogP contribution in [0.5, 0.6) is 0 Å². The van der Waals surface area contributed by atoms with E-state index in [9.17, 15) is 18.0 Å². The van der Waals surface area contributed by atoms with Crippen molar-refractivity contribution >= 4 is 12.0 Å². The molecule has 2 heterocycles. The number of hydrogen-bond acceptors (Lipinski definition) is 3. The van der Waals surface area contributed by atoms with Crippen LogP contribution in [0.3, 0.4) is 0 Å². The minimum Gasteiger partial charge on any atom is -0.475 e. The van der Waals surface area contributed by atoms with E-state index >= 15 is 0 Å². The van der Waals surface area contributed by atoms with Gasteiger partial charge in [-0.05, 0) is 18.5 Å². The normalized spacial score (nSPS) is 20.3. The van der Waals surface area contributed by atoms with Crippen LogP contribution in [0.2, 0.25) is 0 Å². The zero-order chi connectivity index (χ0) is 18.4. The molecule has 3 rings (SSSR count). The van der Waals surface area contributed by atoms with Gasteiger partial charge in [-0.1, -0.05) is 30.3 Å². The van der Waals surface area contributed by atoms with Gasteiger partial charge >= 0.3 is 18.2 Å². The molecule has 0 radical (unpaired) electrons. The topological polar surface area (TPSA) is 81.7 Å².